The minimum absolute atomic E-state index is 0. The molecule has 0 unspecified atom stereocenters. The second-order valence-electron chi connectivity index (χ2n) is 4.80. The monoisotopic (exact) mass is 279 g/mol. The van der Waals surface area contributed by atoms with Crippen LogP contribution in [0.2, 0.25) is 0 Å². The molecule has 3 rings (SSSR count). The number of benzene rings is 1. The quantitative estimate of drug-likeness (QED) is 0.678. The standard InChI is InChI=1S/C14H17N3O.ClH/c15-14(17-8-4-1-5-9-17)10-12-11-6-2-3-7-13(11)18-16-12;/h2-3,6-7,15H,1,4-5,8-10H2;1H. The lowest BCUT2D eigenvalue weighted by molar-refractivity contribution is 0.335. The van der Waals surface area contributed by atoms with Gasteiger partial charge >= 0.3 is 0 Å². The number of aromatic nitrogens is 1. The molecule has 0 spiro atoms. The SMILES string of the molecule is Cl.N=C(Cc1noc2ccccc12)N1CCCCC1. The molecule has 19 heavy (non-hydrogen) atoms. The Hall–Kier alpha value is -1.55. The fraction of sp³-hybridized carbons (Fsp3) is 0.429. The van der Waals surface area contributed by atoms with Gasteiger partial charge in [0, 0.05) is 18.5 Å². The number of nitrogens with zero attached hydrogens (tertiary/aromatic N) is 2. The second-order valence-corrected chi connectivity index (χ2v) is 4.80. The number of hydrogen-bond acceptors (Lipinski definition) is 3. The fourth-order valence-electron chi connectivity index (χ4n) is 2.50. The highest BCUT2D eigenvalue weighted by Crippen LogP contribution is 2.19. The van der Waals surface area contributed by atoms with Crippen molar-refractivity contribution in [3.05, 3.63) is 30.0 Å². The van der Waals surface area contributed by atoms with Gasteiger partial charge < -0.3 is 9.42 Å². The maximum Gasteiger partial charge on any atom is 0.167 e. The summed E-state index contributed by atoms with van der Waals surface area (Å²) in [7, 11) is 0. The number of nitrogens with one attached hydrogen (secondary N) is 1. The molecule has 2 heterocycles. The number of hydrogen-bond donors (Lipinski definition) is 1. The molecule has 1 aliphatic heterocycles. The van der Waals surface area contributed by atoms with E-state index < -0.39 is 0 Å². The van der Waals surface area contributed by atoms with Gasteiger partial charge in [0.25, 0.3) is 0 Å². The third-order valence-corrected chi connectivity index (χ3v) is 3.52. The maximum absolute atomic E-state index is 8.18. The largest absolute Gasteiger partial charge is 0.360 e. The molecule has 1 aromatic carbocycles. The second kappa shape index (κ2) is 6.06. The molecule has 1 N–H and O–H groups in total. The number of piperidine rings is 1. The minimum Gasteiger partial charge on any atom is -0.360 e. The van der Waals surface area contributed by atoms with E-state index in [4.69, 9.17) is 9.93 Å². The maximum atomic E-state index is 8.18. The minimum atomic E-state index is 0. The molecular formula is C14H18ClN3O. The first-order chi connectivity index (χ1) is 8.84. The molecule has 4 nitrogen and oxygen atoms in total. The van der Waals surface area contributed by atoms with Crippen molar-refractivity contribution in [1.29, 1.82) is 5.41 Å². The summed E-state index contributed by atoms with van der Waals surface area (Å²) in [5, 5.41) is 13.3. The van der Waals surface area contributed by atoms with Crippen LogP contribution in [0.3, 0.4) is 0 Å². The van der Waals surface area contributed by atoms with Crippen LogP contribution in [0.15, 0.2) is 28.8 Å². The van der Waals surface area contributed by atoms with E-state index in [2.05, 4.69) is 10.1 Å². The average Bonchev–Trinajstić information content (AvgIpc) is 2.83. The van der Waals surface area contributed by atoms with Crippen molar-refractivity contribution in [2.24, 2.45) is 0 Å². The van der Waals surface area contributed by atoms with Crippen LogP contribution in [0.1, 0.15) is 25.0 Å². The Labute approximate surface area is 118 Å². The molecule has 0 bridgehead atoms. The van der Waals surface area contributed by atoms with Gasteiger partial charge in [0.1, 0.15) is 5.84 Å². The summed E-state index contributed by atoms with van der Waals surface area (Å²) in [6, 6.07) is 7.84. The first-order valence-corrected chi connectivity index (χ1v) is 6.50. The van der Waals surface area contributed by atoms with E-state index in [1.807, 2.05) is 24.3 Å². The predicted octanol–water partition coefficient (Wildman–Crippen LogP) is 3.26. The number of likely N-dealkylation sites (tertiary alicyclic amines) is 1. The first-order valence-electron chi connectivity index (χ1n) is 6.50. The molecule has 0 saturated carbocycles. The van der Waals surface area contributed by atoms with E-state index in [9.17, 15) is 0 Å². The van der Waals surface area contributed by atoms with Crippen LogP contribution in [0.5, 0.6) is 0 Å². The number of amidine groups is 1. The van der Waals surface area contributed by atoms with Crippen LogP contribution in [0.4, 0.5) is 0 Å². The van der Waals surface area contributed by atoms with Gasteiger partial charge in [0.15, 0.2) is 5.58 Å². The summed E-state index contributed by atoms with van der Waals surface area (Å²) in [4.78, 5) is 2.16. The van der Waals surface area contributed by atoms with E-state index in [0.29, 0.717) is 12.3 Å². The highest BCUT2D eigenvalue weighted by Gasteiger charge is 2.16. The van der Waals surface area contributed by atoms with Gasteiger partial charge in [-0.05, 0) is 31.4 Å². The third kappa shape index (κ3) is 2.89. The van der Waals surface area contributed by atoms with Gasteiger partial charge in [0.2, 0.25) is 0 Å². The molecule has 1 fully saturated rings. The lowest BCUT2D eigenvalue weighted by atomic mass is 10.1. The van der Waals surface area contributed by atoms with Crippen LogP contribution >= 0.6 is 12.4 Å². The number of fused-ring (bicyclic) bond motifs is 1. The normalized spacial score (nSPS) is 15.3. The van der Waals surface area contributed by atoms with Crippen molar-refractivity contribution >= 4 is 29.2 Å². The molecule has 0 amide bonds. The molecule has 2 aromatic rings. The van der Waals surface area contributed by atoms with Crippen molar-refractivity contribution in [2.75, 3.05) is 13.1 Å². The Morgan fingerprint density at radius 1 is 1.21 bits per heavy atom. The summed E-state index contributed by atoms with van der Waals surface area (Å²) >= 11 is 0. The predicted molar refractivity (Wildman–Crippen MR) is 78.1 cm³/mol. The van der Waals surface area contributed by atoms with Crippen LogP contribution in [-0.4, -0.2) is 29.0 Å². The Morgan fingerprint density at radius 3 is 2.74 bits per heavy atom. The van der Waals surface area contributed by atoms with Gasteiger partial charge in [0.05, 0.1) is 12.1 Å². The van der Waals surface area contributed by atoms with Gasteiger partial charge in [-0.15, -0.1) is 12.4 Å². The van der Waals surface area contributed by atoms with Gasteiger partial charge in [-0.1, -0.05) is 17.3 Å². The molecule has 1 aromatic heterocycles. The van der Waals surface area contributed by atoms with Crippen LogP contribution < -0.4 is 0 Å². The van der Waals surface area contributed by atoms with Crippen molar-refractivity contribution in [1.82, 2.24) is 10.1 Å². The summed E-state index contributed by atoms with van der Waals surface area (Å²) in [5.74, 6) is 0.661. The highest BCUT2D eigenvalue weighted by atomic mass is 35.5. The zero-order valence-electron chi connectivity index (χ0n) is 10.8. The Bertz CT molecular complexity index is 561. The zero-order valence-corrected chi connectivity index (χ0v) is 11.6. The van der Waals surface area contributed by atoms with Crippen LogP contribution in [0.25, 0.3) is 11.0 Å². The van der Waals surface area contributed by atoms with Gasteiger partial charge in [-0.2, -0.15) is 0 Å². The summed E-state index contributed by atoms with van der Waals surface area (Å²) in [6.07, 6.45) is 4.25. The number of rotatable bonds is 2. The van der Waals surface area contributed by atoms with Crippen LogP contribution in [-0.2, 0) is 6.42 Å². The molecule has 5 heteroatoms. The highest BCUT2D eigenvalue weighted by molar-refractivity contribution is 5.87. The van der Waals surface area contributed by atoms with Gasteiger partial charge in [-0.25, -0.2) is 0 Å². The van der Waals surface area contributed by atoms with Crippen molar-refractivity contribution in [3.63, 3.8) is 0 Å². The Morgan fingerprint density at radius 2 is 1.95 bits per heavy atom. The van der Waals surface area contributed by atoms with Gasteiger partial charge in [-0.3, -0.25) is 5.41 Å². The third-order valence-electron chi connectivity index (χ3n) is 3.52. The Balaban J connectivity index is 0.00000133. The fourth-order valence-corrected chi connectivity index (χ4v) is 2.50. The van der Waals surface area contributed by atoms with Crippen LogP contribution in [0, 0.1) is 5.41 Å². The number of para-hydroxylation sites is 1. The molecule has 1 saturated heterocycles. The topological polar surface area (TPSA) is 53.1 Å². The lowest BCUT2D eigenvalue weighted by Gasteiger charge is -2.28. The Kier molecular flexibility index (Phi) is 4.43. The van der Waals surface area contributed by atoms with E-state index in [1.54, 1.807) is 0 Å². The van der Waals surface area contributed by atoms with E-state index in [-0.39, 0.29) is 12.4 Å². The number of halogens is 1. The lowest BCUT2D eigenvalue weighted by Crippen LogP contribution is -2.36. The molecule has 102 valence electrons. The van der Waals surface area contributed by atoms with E-state index in [0.717, 1.165) is 29.8 Å². The zero-order chi connectivity index (χ0) is 12.4. The first kappa shape index (κ1) is 13.9. The molecule has 1 aliphatic rings. The van der Waals surface area contributed by atoms with Crippen molar-refractivity contribution in [2.45, 2.75) is 25.7 Å². The van der Waals surface area contributed by atoms with Crippen molar-refractivity contribution in [3.8, 4) is 0 Å². The molecule has 0 aliphatic carbocycles. The molecule has 0 atom stereocenters. The summed E-state index contributed by atoms with van der Waals surface area (Å²) in [6.45, 7) is 2.02. The average molecular weight is 280 g/mol. The molecule has 0 radical (unpaired) electrons. The van der Waals surface area contributed by atoms with Crippen molar-refractivity contribution < 1.29 is 4.52 Å². The van der Waals surface area contributed by atoms with E-state index in [1.165, 1.54) is 19.3 Å². The van der Waals surface area contributed by atoms with E-state index >= 15 is 0 Å². The molecular weight excluding hydrogens is 262 g/mol. The summed E-state index contributed by atoms with van der Waals surface area (Å²) < 4.78 is 5.27. The smallest absolute Gasteiger partial charge is 0.167 e. The summed E-state index contributed by atoms with van der Waals surface area (Å²) in [5.41, 5.74) is 1.68.